The van der Waals surface area contributed by atoms with Gasteiger partial charge in [-0.25, -0.2) is 23.2 Å². The van der Waals surface area contributed by atoms with Crippen LogP contribution in [0, 0.1) is 5.92 Å². The van der Waals surface area contributed by atoms with Gasteiger partial charge in [-0.1, -0.05) is 26.0 Å². The third-order valence-electron chi connectivity index (χ3n) is 9.84. The molecule has 4 heterocycles. The van der Waals surface area contributed by atoms with Gasteiger partial charge in [0.25, 0.3) is 5.91 Å². The molecular formula is C35H42N6O7S2. The average Bonchev–Trinajstić information content (AvgIpc) is 3.96. The quantitative estimate of drug-likeness (QED) is 0.288. The van der Waals surface area contributed by atoms with Crippen LogP contribution in [0.1, 0.15) is 70.4 Å². The summed E-state index contributed by atoms with van der Waals surface area (Å²) in [7, 11) is -2.24. The minimum atomic E-state index is -3.83. The molecule has 4 atom stereocenters. The van der Waals surface area contributed by atoms with Gasteiger partial charge in [0.15, 0.2) is 0 Å². The minimum absolute atomic E-state index is 0.118. The standard InChI is InChI=1S/C35H42N6O7S2/c1-20(2)28-19-49-32(38-28)27-16-30(25-12-9-22(47-3)14-26(25)37-27)48-23-15-29-31(42)39-35(33(43)40-50(45,46)24-10-11-24)17-21(35)8-6-4-5-7-13-36-34(44)41(29)18-23/h6,8-9,12,14,16,19-21,23-24,29H,4-5,7,10-11,13,15,17-18H2,1-3H3,(H,36,44)(H,39,42)(H,40,43)/b8-6-/t21-,23-,29+,35-/m1/s1. The molecule has 266 valence electrons. The molecule has 1 aromatic carbocycles. The predicted molar refractivity (Wildman–Crippen MR) is 188 cm³/mol. The van der Waals surface area contributed by atoms with Crippen LogP contribution in [0.3, 0.4) is 0 Å². The van der Waals surface area contributed by atoms with Gasteiger partial charge in [0, 0.05) is 41.8 Å². The maximum absolute atomic E-state index is 14.1. The number of carbonyl (C=O) groups excluding carboxylic acids is 3. The van der Waals surface area contributed by atoms with Crippen molar-refractivity contribution < 1.29 is 32.3 Å². The van der Waals surface area contributed by atoms with Crippen LogP contribution in [0.15, 0.2) is 41.8 Å². The van der Waals surface area contributed by atoms with Crippen LogP contribution >= 0.6 is 11.3 Å². The number of methoxy groups -OCH3 is 1. The van der Waals surface area contributed by atoms with Gasteiger partial charge < -0.3 is 25.0 Å². The van der Waals surface area contributed by atoms with Crippen molar-refractivity contribution in [3.05, 3.63) is 47.5 Å². The molecule has 4 aliphatic rings. The Morgan fingerprint density at radius 2 is 1.98 bits per heavy atom. The van der Waals surface area contributed by atoms with E-state index in [1.165, 1.54) is 16.2 Å². The molecule has 7 rings (SSSR count). The third kappa shape index (κ3) is 6.89. The number of sulfonamides is 1. The van der Waals surface area contributed by atoms with Gasteiger partial charge >= 0.3 is 6.03 Å². The smallest absolute Gasteiger partial charge is 0.318 e. The monoisotopic (exact) mass is 722 g/mol. The number of carbonyl (C=O) groups is 3. The second kappa shape index (κ2) is 13.5. The first-order chi connectivity index (χ1) is 24.0. The first-order valence-electron chi connectivity index (χ1n) is 17.2. The van der Waals surface area contributed by atoms with Crippen molar-refractivity contribution in [3.8, 4) is 22.2 Å². The molecule has 3 fully saturated rings. The van der Waals surface area contributed by atoms with Crippen molar-refractivity contribution >= 4 is 50.1 Å². The highest BCUT2D eigenvalue weighted by molar-refractivity contribution is 7.91. The first kappa shape index (κ1) is 34.2. The number of fused-ring (bicyclic) bond motifs is 3. The number of urea groups is 1. The molecule has 1 saturated heterocycles. The Balaban J connectivity index is 1.18. The number of nitrogens with one attached hydrogen (secondary N) is 3. The fourth-order valence-electron chi connectivity index (χ4n) is 6.63. The molecule has 2 aliphatic heterocycles. The summed E-state index contributed by atoms with van der Waals surface area (Å²) >= 11 is 1.50. The van der Waals surface area contributed by atoms with E-state index in [1.54, 1.807) is 7.11 Å². The third-order valence-corrected chi connectivity index (χ3v) is 12.5. The van der Waals surface area contributed by atoms with E-state index >= 15 is 0 Å². The number of nitrogens with zero attached hydrogens (tertiary/aromatic N) is 3. The number of rotatable bonds is 8. The zero-order valence-corrected chi connectivity index (χ0v) is 29.9. The van der Waals surface area contributed by atoms with E-state index in [-0.39, 0.29) is 31.2 Å². The van der Waals surface area contributed by atoms with E-state index in [9.17, 15) is 22.8 Å². The summed E-state index contributed by atoms with van der Waals surface area (Å²) in [6.45, 7) is 4.73. The summed E-state index contributed by atoms with van der Waals surface area (Å²) < 4.78 is 39.8. The lowest BCUT2D eigenvalue weighted by atomic mass is 10.1. The van der Waals surface area contributed by atoms with Crippen LogP contribution in [0.4, 0.5) is 4.79 Å². The Labute approximate surface area is 295 Å². The molecule has 3 N–H and O–H groups in total. The maximum atomic E-state index is 14.1. The predicted octanol–water partition coefficient (Wildman–Crippen LogP) is 4.25. The van der Waals surface area contributed by atoms with Gasteiger partial charge in [0.05, 0.1) is 30.1 Å². The zero-order valence-electron chi connectivity index (χ0n) is 28.3. The van der Waals surface area contributed by atoms with Gasteiger partial charge in [0.1, 0.15) is 39.9 Å². The van der Waals surface area contributed by atoms with Crippen LogP contribution < -0.4 is 24.8 Å². The number of pyridine rings is 1. The molecular weight excluding hydrogens is 681 g/mol. The lowest BCUT2D eigenvalue weighted by Crippen LogP contribution is -2.57. The van der Waals surface area contributed by atoms with E-state index in [1.807, 2.05) is 41.8 Å². The van der Waals surface area contributed by atoms with Gasteiger partial charge in [0.2, 0.25) is 15.9 Å². The maximum Gasteiger partial charge on any atom is 0.318 e. The van der Waals surface area contributed by atoms with Crippen molar-refractivity contribution in [2.24, 2.45) is 5.92 Å². The second-order valence-electron chi connectivity index (χ2n) is 13.9. The van der Waals surface area contributed by atoms with Crippen LogP contribution in [0.5, 0.6) is 11.5 Å². The van der Waals surface area contributed by atoms with Crippen LogP contribution in [0.25, 0.3) is 21.6 Å². The lowest BCUT2D eigenvalue weighted by molar-refractivity contribution is -0.131. The van der Waals surface area contributed by atoms with Gasteiger partial charge in [-0.2, -0.15) is 0 Å². The summed E-state index contributed by atoms with van der Waals surface area (Å²) in [6, 6.07) is 5.99. The molecule has 15 heteroatoms. The van der Waals surface area contributed by atoms with Crippen LogP contribution in [0.2, 0.25) is 0 Å². The van der Waals surface area contributed by atoms with Crippen molar-refractivity contribution in [2.45, 2.75) is 87.6 Å². The van der Waals surface area contributed by atoms with E-state index in [2.05, 4.69) is 29.2 Å². The van der Waals surface area contributed by atoms with Crippen molar-refractivity contribution in [3.63, 3.8) is 0 Å². The number of hydrogen-bond donors (Lipinski definition) is 3. The molecule has 13 nitrogen and oxygen atoms in total. The SMILES string of the molecule is COc1ccc2c(O[C@@H]3C[C@H]4C(=O)N[C@]5(C(=O)NS(=O)(=O)C6CC6)C[C@H]5/C=C\CCCCNC(=O)N4C3)cc(-c3nc(C(C)C)cs3)nc2c1. The lowest BCUT2D eigenvalue weighted by Gasteiger charge is -2.26. The number of thiazole rings is 1. The molecule has 4 amide bonds. The number of allylic oxidation sites excluding steroid dienone is 1. The molecule has 50 heavy (non-hydrogen) atoms. The number of aromatic nitrogens is 2. The normalized spacial score (nSPS) is 26.3. The Morgan fingerprint density at radius 3 is 2.72 bits per heavy atom. The summed E-state index contributed by atoms with van der Waals surface area (Å²) in [5, 5.41) is 8.73. The van der Waals surface area contributed by atoms with Crippen molar-refractivity contribution in [2.75, 3.05) is 20.2 Å². The highest BCUT2D eigenvalue weighted by Crippen LogP contribution is 2.46. The average molecular weight is 723 g/mol. The Bertz CT molecular complexity index is 1960. The van der Waals surface area contributed by atoms with E-state index < -0.39 is 50.8 Å². The highest BCUT2D eigenvalue weighted by atomic mass is 32.2. The van der Waals surface area contributed by atoms with Crippen molar-refractivity contribution in [1.29, 1.82) is 0 Å². The number of amides is 4. The molecule has 2 aromatic heterocycles. The highest BCUT2D eigenvalue weighted by Gasteiger charge is 2.62. The molecule has 2 aliphatic carbocycles. The number of benzene rings is 1. The summed E-state index contributed by atoms with van der Waals surface area (Å²) in [5.74, 6) is -0.221. The number of ether oxygens (including phenoxy) is 2. The molecule has 3 aromatic rings. The Morgan fingerprint density at radius 1 is 1.16 bits per heavy atom. The Hall–Kier alpha value is -4.24. The fraction of sp³-hybridized carbons (Fsp3) is 0.514. The zero-order chi connectivity index (χ0) is 35.2. The van der Waals surface area contributed by atoms with Gasteiger partial charge in [-0.15, -0.1) is 11.3 Å². The minimum Gasteiger partial charge on any atom is -0.497 e. The van der Waals surface area contributed by atoms with Gasteiger partial charge in [-0.05, 0) is 56.6 Å². The van der Waals surface area contributed by atoms with Crippen LogP contribution in [-0.2, 0) is 19.6 Å². The number of hydrogen-bond acceptors (Lipinski definition) is 10. The summed E-state index contributed by atoms with van der Waals surface area (Å²) in [6.07, 6.45) is 6.98. The first-order valence-corrected chi connectivity index (χ1v) is 19.6. The van der Waals surface area contributed by atoms with Crippen LogP contribution in [-0.4, -0.2) is 84.3 Å². The van der Waals surface area contributed by atoms with E-state index in [4.69, 9.17) is 19.4 Å². The second-order valence-corrected chi connectivity index (χ2v) is 16.7. The fourth-order valence-corrected chi connectivity index (χ4v) is 8.93. The largest absolute Gasteiger partial charge is 0.497 e. The molecule has 0 unspecified atom stereocenters. The van der Waals surface area contributed by atoms with E-state index in [0.29, 0.717) is 42.1 Å². The molecule has 0 spiro atoms. The van der Waals surface area contributed by atoms with Gasteiger partial charge in [-0.3, -0.25) is 14.3 Å². The molecule has 0 radical (unpaired) electrons. The summed E-state index contributed by atoms with van der Waals surface area (Å²) in [4.78, 5) is 52.3. The topological polar surface area (TPSA) is 169 Å². The molecule has 0 bridgehead atoms. The Kier molecular flexibility index (Phi) is 9.22. The molecule has 2 saturated carbocycles. The van der Waals surface area contributed by atoms with E-state index in [0.717, 1.165) is 35.4 Å². The summed E-state index contributed by atoms with van der Waals surface area (Å²) in [5.41, 5.74) is 0.824. The van der Waals surface area contributed by atoms with Crippen molar-refractivity contribution in [1.82, 2.24) is 30.2 Å².